The van der Waals surface area contributed by atoms with Gasteiger partial charge in [0, 0.05) is 18.6 Å². The van der Waals surface area contributed by atoms with Gasteiger partial charge in [0.25, 0.3) is 0 Å². The molecular weight excluding hydrogens is 268 g/mol. The van der Waals surface area contributed by atoms with E-state index < -0.39 is 5.97 Å². The highest BCUT2D eigenvalue weighted by Gasteiger charge is 2.52. The van der Waals surface area contributed by atoms with Gasteiger partial charge in [0.1, 0.15) is 0 Å². The largest absolute Gasteiger partial charge is 0.481 e. The van der Waals surface area contributed by atoms with Crippen LogP contribution in [0.1, 0.15) is 46.0 Å². The Morgan fingerprint density at radius 3 is 2.57 bits per heavy atom. The molecule has 1 saturated heterocycles. The first-order valence-corrected chi connectivity index (χ1v) is 8.29. The van der Waals surface area contributed by atoms with Gasteiger partial charge in [-0.05, 0) is 56.8 Å². The number of piperidine rings is 1. The van der Waals surface area contributed by atoms with Crippen molar-refractivity contribution in [2.45, 2.75) is 58.0 Å². The fourth-order valence-corrected chi connectivity index (χ4v) is 4.70. The zero-order valence-corrected chi connectivity index (χ0v) is 12.9. The lowest BCUT2D eigenvalue weighted by molar-refractivity contribution is -0.144. The summed E-state index contributed by atoms with van der Waals surface area (Å²) in [6, 6.07) is 0.0108. The quantitative estimate of drug-likeness (QED) is 0.821. The van der Waals surface area contributed by atoms with Crippen molar-refractivity contribution >= 4 is 12.0 Å². The van der Waals surface area contributed by atoms with E-state index in [0.717, 1.165) is 38.6 Å². The monoisotopic (exact) mass is 294 g/mol. The van der Waals surface area contributed by atoms with E-state index in [0.29, 0.717) is 11.8 Å². The molecule has 3 rings (SSSR count). The molecule has 6 atom stereocenters. The van der Waals surface area contributed by atoms with Gasteiger partial charge in [-0.1, -0.05) is 6.92 Å². The third kappa shape index (κ3) is 2.51. The van der Waals surface area contributed by atoms with Crippen LogP contribution in [-0.2, 0) is 4.79 Å². The van der Waals surface area contributed by atoms with Crippen LogP contribution in [0.25, 0.3) is 0 Å². The third-order valence-electron chi connectivity index (χ3n) is 6.13. The summed E-state index contributed by atoms with van der Waals surface area (Å²) in [5.41, 5.74) is 0. The molecule has 1 aliphatic heterocycles. The molecule has 118 valence electrons. The van der Waals surface area contributed by atoms with Gasteiger partial charge in [-0.3, -0.25) is 4.79 Å². The molecule has 2 bridgehead atoms. The number of fused-ring (bicyclic) bond motifs is 2. The van der Waals surface area contributed by atoms with Crippen LogP contribution in [0.15, 0.2) is 0 Å². The van der Waals surface area contributed by atoms with E-state index >= 15 is 0 Å². The molecule has 0 spiro atoms. The van der Waals surface area contributed by atoms with Crippen molar-refractivity contribution < 1.29 is 14.7 Å². The summed E-state index contributed by atoms with van der Waals surface area (Å²) in [6.07, 6.45) is 5.24. The molecule has 0 aromatic carbocycles. The zero-order chi connectivity index (χ0) is 15.1. The highest BCUT2D eigenvalue weighted by molar-refractivity contribution is 5.78. The van der Waals surface area contributed by atoms with Crippen LogP contribution in [0.3, 0.4) is 0 Å². The maximum atomic E-state index is 12.6. The topological polar surface area (TPSA) is 69.6 Å². The summed E-state index contributed by atoms with van der Waals surface area (Å²) in [5.74, 6) is 0.00524. The van der Waals surface area contributed by atoms with Crippen molar-refractivity contribution in [3.63, 3.8) is 0 Å². The number of nitrogens with one attached hydrogen (secondary N) is 1. The highest BCUT2D eigenvalue weighted by Crippen LogP contribution is 2.48. The number of nitrogens with zero attached hydrogens (tertiary/aromatic N) is 1. The lowest BCUT2D eigenvalue weighted by atomic mass is 9.84. The molecular formula is C16H26N2O3. The summed E-state index contributed by atoms with van der Waals surface area (Å²) >= 11 is 0. The first kappa shape index (κ1) is 14.7. The predicted octanol–water partition coefficient (Wildman–Crippen LogP) is 2.32. The Kier molecular flexibility index (Phi) is 3.84. The minimum atomic E-state index is -0.743. The van der Waals surface area contributed by atoms with E-state index in [4.69, 9.17) is 0 Å². The van der Waals surface area contributed by atoms with Crippen molar-refractivity contribution in [1.82, 2.24) is 10.2 Å². The maximum Gasteiger partial charge on any atom is 0.317 e. The second-order valence-electron chi connectivity index (χ2n) is 7.23. The Labute approximate surface area is 126 Å². The van der Waals surface area contributed by atoms with Crippen molar-refractivity contribution in [2.75, 3.05) is 6.54 Å². The number of carbonyl (C=O) groups excluding carboxylic acids is 1. The van der Waals surface area contributed by atoms with E-state index in [-0.39, 0.29) is 30.0 Å². The van der Waals surface area contributed by atoms with Crippen LogP contribution in [0.4, 0.5) is 4.79 Å². The van der Waals surface area contributed by atoms with E-state index in [1.165, 1.54) is 0 Å². The highest BCUT2D eigenvalue weighted by atomic mass is 16.4. The van der Waals surface area contributed by atoms with Crippen molar-refractivity contribution in [3.05, 3.63) is 0 Å². The van der Waals surface area contributed by atoms with Gasteiger partial charge in [-0.25, -0.2) is 4.79 Å². The fraction of sp³-hybridized carbons (Fsp3) is 0.875. The number of aliphatic carboxylic acids is 1. The van der Waals surface area contributed by atoms with Gasteiger partial charge in [-0.2, -0.15) is 0 Å². The predicted molar refractivity (Wildman–Crippen MR) is 78.8 cm³/mol. The molecule has 3 aliphatic rings. The van der Waals surface area contributed by atoms with Crippen LogP contribution < -0.4 is 5.32 Å². The standard InChI is InChI=1S/C16H26N2O3/c1-9-4-3-7-18(10(9)2)16(21)17-14-12-6-5-11(8-12)13(14)15(19)20/h9-14H,3-8H2,1-2H3,(H,17,21)(H,19,20). The summed E-state index contributed by atoms with van der Waals surface area (Å²) < 4.78 is 0. The molecule has 5 heteroatoms. The Balaban J connectivity index is 1.68. The average molecular weight is 294 g/mol. The first-order valence-electron chi connectivity index (χ1n) is 8.29. The van der Waals surface area contributed by atoms with Gasteiger partial charge in [0.15, 0.2) is 0 Å². The second kappa shape index (κ2) is 5.50. The maximum absolute atomic E-state index is 12.6. The molecule has 2 saturated carbocycles. The number of carboxylic acid groups (broad SMARTS) is 1. The Hall–Kier alpha value is -1.26. The minimum absolute atomic E-state index is 0.0575. The molecule has 2 aliphatic carbocycles. The Morgan fingerprint density at radius 2 is 1.86 bits per heavy atom. The summed E-state index contributed by atoms with van der Waals surface area (Å²) in [4.78, 5) is 26.0. The zero-order valence-electron chi connectivity index (χ0n) is 12.9. The molecule has 3 fully saturated rings. The van der Waals surface area contributed by atoms with Crippen LogP contribution in [0, 0.1) is 23.7 Å². The molecule has 0 radical (unpaired) electrons. The van der Waals surface area contributed by atoms with Crippen LogP contribution in [0.5, 0.6) is 0 Å². The second-order valence-corrected chi connectivity index (χ2v) is 7.23. The lowest BCUT2D eigenvalue weighted by Gasteiger charge is -2.39. The summed E-state index contributed by atoms with van der Waals surface area (Å²) in [6.45, 7) is 5.07. The van der Waals surface area contributed by atoms with Gasteiger partial charge in [-0.15, -0.1) is 0 Å². The molecule has 2 N–H and O–H groups in total. The van der Waals surface area contributed by atoms with Crippen molar-refractivity contribution in [3.8, 4) is 0 Å². The summed E-state index contributed by atoms with van der Waals surface area (Å²) in [7, 11) is 0. The number of urea groups is 1. The third-order valence-corrected chi connectivity index (χ3v) is 6.13. The Bertz CT molecular complexity index is 439. The molecule has 2 amide bonds. The normalized spacial score (nSPS) is 42.1. The summed E-state index contributed by atoms with van der Waals surface area (Å²) in [5, 5.41) is 12.5. The molecule has 0 aromatic rings. The first-order chi connectivity index (χ1) is 9.99. The van der Waals surface area contributed by atoms with E-state index in [1.54, 1.807) is 0 Å². The number of carboxylic acids is 1. The average Bonchev–Trinajstić information content (AvgIpc) is 3.02. The van der Waals surface area contributed by atoms with Gasteiger partial charge in [0.2, 0.25) is 0 Å². The smallest absolute Gasteiger partial charge is 0.317 e. The van der Waals surface area contributed by atoms with E-state index in [9.17, 15) is 14.7 Å². The Morgan fingerprint density at radius 1 is 1.14 bits per heavy atom. The molecule has 1 heterocycles. The van der Waals surface area contributed by atoms with Crippen molar-refractivity contribution in [1.29, 1.82) is 0 Å². The molecule has 0 aromatic heterocycles. The molecule has 5 nitrogen and oxygen atoms in total. The number of likely N-dealkylation sites (tertiary alicyclic amines) is 1. The SMILES string of the molecule is CC1CCCN(C(=O)NC2C3CCC(C3)C2C(=O)O)C1C. The number of rotatable bonds is 2. The number of hydrogen-bond donors (Lipinski definition) is 2. The van der Waals surface area contributed by atoms with E-state index in [2.05, 4.69) is 19.2 Å². The number of amides is 2. The van der Waals surface area contributed by atoms with Gasteiger partial charge in [0.05, 0.1) is 5.92 Å². The van der Waals surface area contributed by atoms with Crippen LogP contribution in [0.2, 0.25) is 0 Å². The molecule has 21 heavy (non-hydrogen) atoms. The van der Waals surface area contributed by atoms with Crippen LogP contribution >= 0.6 is 0 Å². The fourth-order valence-electron chi connectivity index (χ4n) is 4.70. The van der Waals surface area contributed by atoms with Crippen molar-refractivity contribution in [2.24, 2.45) is 23.7 Å². The van der Waals surface area contributed by atoms with E-state index in [1.807, 2.05) is 4.90 Å². The van der Waals surface area contributed by atoms with Gasteiger partial charge < -0.3 is 15.3 Å². The number of hydrogen-bond acceptors (Lipinski definition) is 2. The van der Waals surface area contributed by atoms with Crippen LogP contribution in [-0.4, -0.2) is 40.6 Å². The minimum Gasteiger partial charge on any atom is -0.481 e. The number of carbonyl (C=O) groups is 2. The molecule has 6 unspecified atom stereocenters. The lowest BCUT2D eigenvalue weighted by Crippen LogP contribution is -2.55. The van der Waals surface area contributed by atoms with Gasteiger partial charge >= 0.3 is 12.0 Å².